The number of hydrazone groups is 1. The summed E-state index contributed by atoms with van der Waals surface area (Å²) in [4.78, 5) is 39.0. The Morgan fingerprint density at radius 3 is 2.59 bits per heavy atom. The van der Waals surface area contributed by atoms with Crippen molar-refractivity contribution in [1.29, 1.82) is 0 Å². The number of benzene rings is 2. The molecule has 2 heterocycles. The lowest BCUT2D eigenvalue weighted by Gasteiger charge is -2.26. The SMILES string of the molecule is CC(C)CC(=O)OC(C(=O)N1N=CC[C@H]1C(=O)NCc1cc(Cl)ccc1-n1cn[nH]1)c1ccc(F)cc1. The normalized spacial score (nSPS) is 15.7. The van der Waals surface area contributed by atoms with E-state index in [1.54, 1.807) is 29.2 Å². The first-order valence-electron chi connectivity index (χ1n) is 11.7. The van der Waals surface area contributed by atoms with Crippen molar-refractivity contribution in [3.63, 3.8) is 0 Å². The Bertz CT molecular complexity index is 1290. The lowest BCUT2D eigenvalue weighted by Crippen LogP contribution is -2.46. The molecule has 0 spiro atoms. The van der Waals surface area contributed by atoms with E-state index in [4.69, 9.17) is 16.3 Å². The molecule has 0 radical (unpaired) electrons. The Kier molecular flexibility index (Phi) is 8.02. The van der Waals surface area contributed by atoms with Crippen LogP contribution < -0.4 is 5.32 Å². The van der Waals surface area contributed by atoms with Crippen molar-refractivity contribution in [2.75, 3.05) is 0 Å². The lowest BCUT2D eigenvalue weighted by molar-refractivity contribution is -0.163. The number of hydrogen-bond donors (Lipinski definition) is 2. The predicted molar refractivity (Wildman–Crippen MR) is 133 cm³/mol. The first-order valence-corrected chi connectivity index (χ1v) is 12.1. The fraction of sp³-hybridized carbons (Fsp3) is 0.320. The first-order chi connectivity index (χ1) is 17.7. The summed E-state index contributed by atoms with van der Waals surface area (Å²) < 4.78 is 20.7. The van der Waals surface area contributed by atoms with Crippen LogP contribution in [-0.2, 0) is 25.7 Å². The number of amides is 2. The molecule has 0 fully saturated rings. The van der Waals surface area contributed by atoms with Crippen LogP contribution in [0.4, 0.5) is 4.39 Å². The molecule has 10 nitrogen and oxygen atoms in total. The molecule has 0 saturated heterocycles. The summed E-state index contributed by atoms with van der Waals surface area (Å²) in [5.41, 5.74) is 1.75. The van der Waals surface area contributed by atoms with Crippen LogP contribution in [0.3, 0.4) is 0 Å². The molecule has 37 heavy (non-hydrogen) atoms. The van der Waals surface area contributed by atoms with Gasteiger partial charge >= 0.3 is 5.97 Å². The van der Waals surface area contributed by atoms with Gasteiger partial charge in [0.2, 0.25) is 12.0 Å². The second kappa shape index (κ2) is 11.4. The molecular formula is C25H26ClFN6O4. The number of ether oxygens (including phenoxy) is 1. The highest BCUT2D eigenvalue weighted by Crippen LogP contribution is 2.26. The molecule has 0 bridgehead atoms. The average Bonchev–Trinajstić information content (AvgIpc) is 3.31. The first kappa shape index (κ1) is 26.1. The van der Waals surface area contributed by atoms with Crippen molar-refractivity contribution in [3.8, 4) is 5.69 Å². The third-order valence-corrected chi connectivity index (χ3v) is 5.91. The highest BCUT2D eigenvalue weighted by atomic mass is 35.5. The Morgan fingerprint density at radius 1 is 1.22 bits per heavy atom. The van der Waals surface area contributed by atoms with Gasteiger partial charge in [-0.05, 0) is 41.8 Å². The molecule has 0 aliphatic carbocycles. The molecule has 2 N–H and O–H groups in total. The van der Waals surface area contributed by atoms with Crippen molar-refractivity contribution < 1.29 is 23.5 Å². The van der Waals surface area contributed by atoms with Gasteiger partial charge in [-0.3, -0.25) is 14.4 Å². The van der Waals surface area contributed by atoms with E-state index in [9.17, 15) is 18.8 Å². The Hall–Kier alpha value is -3.99. The summed E-state index contributed by atoms with van der Waals surface area (Å²) in [7, 11) is 0. The molecule has 1 aromatic heterocycles. The van der Waals surface area contributed by atoms with Crippen molar-refractivity contribution in [2.24, 2.45) is 11.0 Å². The van der Waals surface area contributed by atoms with Gasteiger partial charge in [-0.1, -0.05) is 37.6 Å². The lowest BCUT2D eigenvalue weighted by atomic mass is 10.1. The zero-order valence-corrected chi connectivity index (χ0v) is 21.0. The molecule has 2 aromatic carbocycles. The summed E-state index contributed by atoms with van der Waals surface area (Å²) >= 11 is 6.14. The van der Waals surface area contributed by atoms with Crippen LogP contribution in [0, 0.1) is 11.7 Å². The van der Waals surface area contributed by atoms with Gasteiger partial charge in [0, 0.05) is 36.2 Å². The number of aromatic nitrogens is 3. The number of carbonyl (C=O) groups is 3. The van der Waals surface area contributed by atoms with Crippen LogP contribution in [0.25, 0.3) is 5.69 Å². The Morgan fingerprint density at radius 2 is 1.95 bits per heavy atom. The number of esters is 1. The van der Waals surface area contributed by atoms with Crippen LogP contribution >= 0.6 is 11.6 Å². The standard InChI is InChI=1S/C25H26ClFN6O4/c1-15(2)11-22(34)37-23(16-3-6-19(27)7-4-16)25(36)33-21(9-10-30-33)24(35)28-13-17-12-18(26)5-8-20(17)32-14-29-31-32/h3-8,10,12,14-15,21,23,31H,9,11,13H2,1-2H3,(H,28,35)/t21-,23?/m0/s1. The van der Waals surface area contributed by atoms with Crippen LogP contribution in [0.2, 0.25) is 5.02 Å². The number of aromatic amines is 1. The Labute approximate surface area is 217 Å². The molecule has 1 unspecified atom stereocenters. The van der Waals surface area contributed by atoms with E-state index in [0.717, 1.165) is 16.3 Å². The summed E-state index contributed by atoms with van der Waals surface area (Å²) in [6.45, 7) is 3.82. The molecule has 194 valence electrons. The molecule has 2 amide bonds. The van der Waals surface area contributed by atoms with Gasteiger partial charge in [0.15, 0.2) is 0 Å². The van der Waals surface area contributed by atoms with Crippen molar-refractivity contribution in [2.45, 2.75) is 45.4 Å². The topological polar surface area (TPSA) is 122 Å². The number of nitrogens with zero attached hydrogens (tertiary/aromatic N) is 4. The summed E-state index contributed by atoms with van der Waals surface area (Å²) in [6, 6.07) is 9.34. The molecule has 3 aromatic rings. The van der Waals surface area contributed by atoms with Crippen LogP contribution in [0.1, 0.15) is 43.9 Å². The second-order valence-corrected chi connectivity index (χ2v) is 9.39. The molecule has 1 aliphatic rings. The third kappa shape index (κ3) is 6.23. The van der Waals surface area contributed by atoms with E-state index in [0.29, 0.717) is 5.02 Å². The maximum atomic E-state index is 13.5. The number of nitrogens with one attached hydrogen (secondary N) is 2. The second-order valence-electron chi connectivity index (χ2n) is 8.96. The van der Waals surface area contributed by atoms with E-state index < -0.39 is 35.7 Å². The van der Waals surface area contributed by atoms with Crippen molar-refractivity contribution in [3.05, 3.63) is 70.8 Å². The molecular weight excluding hydrogens is 503 g/mol. The highest BCUT2D eigenvalue weighted by molar-refractivity contribution is 6.30. The smallest absolute Gasteiger partial charge is 0.307 e. The van der Waals surface area contributed by atoms with Gasteiger partial charge in [-0.25, -0.2) is 19.3 Å². The summed E-state index contributed by atoms with van der Waals surface area (Å²) in [5, 5.41) is 15.0. The molecule has 2 atom stereocenters. The van der Waals surface area contributed by atoms with Gasteiger partial charge < -0.3 is 10.1 Å². The minimum atomic E-state index is -1.38. The van der Waals surface area contributed by atoms with E-state index in [2.05, 4.69) is 20.7 Å². The minimum absolute atomic E-state index is 0.00826. The number of carbonyl (C=O) groups excluding carboxylic acids is 3. The van der Waals surface area contributed by atoms with E-state index in [-0.39, 0.29) is 30.9 Å². The fourth-order valence-corrected chi connectivity index (χ4v) is 4.03. The monoisotopic (exact) mass is 528 g/mol. The van der Waals surface area contributed by atoms with Crippen LogP contribution in [0.15, 0.2) is 53.9 Å². The number of hydrogen-bond acceptors (Lipinski definition) is 6. The molecule has 0 saturated carbocycles. The van der Waals surface area contributed by atoms with Gasteiger partial charge in [-0.2, -0.15) is 5.10 Å². The Balaban J connectivity index is 1.50. The molecule has 4 rings (SSSR count). The van der Waals surface area contributed by atoms with E-state index in [1.807, 2.05) is 13.8 Å². The van der Waals surface area contributed by atoms with Crippen LogP contribution in [0.5, 0.6) is 0 Å². The summed E-state index contributed by atoms with van der Waals surface area (Å²) in [5.74, 6) is -2.23. The van der Waals surface area contributed by atoms with Gasteiger partial charge in [0.1, 0.15) is 18.2 Å². The van der Waals surface area contributed by atoms with Crippen LogP contribution in [-0.4, -0.2) is 50.0 Å². The number of H-pyrrole nitrogens is 1. The minimum Gasteiger partial charge on any atom is -0.447 e. The van der Waals surface area contributed by atoms with Gasteiger partial charge in [0.05, 0.1) is 5.69 Å². The summed E-state index contributed by atoms with van der Waals surface area (Å²) in [6.07, 6.45) is 1.92. The van der Waals surface area contributed by atoms with Crippen molar-refractivity contribution in [1.82, 2.24) is 25.3 Å². The largest absolute Gasteiger partial charge is 0.447 e. The third-order valence-electron chi connectivity index (χ3n) is 5.67. The molecule has 12 heteroatoms. The zero-order chi connectivity index (χ0) is 26.5. The maximum Gasteiger partial charge on any atom is 0.307 e. The average molecular weight is 529 g/mol. The van der Waals surface area contributed by atoms with E-state index >= 15 is 0 Å². The van der Waals surface area contributed by atoms with Gasteiger partial charge in [-0.15, -0.1) is 5.10 Å². The highest BCUT2D eigenvalue weighted by Gasteiger charge is 2.38. The number of rotatable bonds is 9. The van der Waals surface area contributed by atoms with E-state index in [1.165, 1.54) is 30.5 Å². The fourth-order valence-electron chi connectivity index (χ4n) is 3.84. The zero-order valence-electron chi connectivity index (χ0n) is 20.2. The predicted octanol–water partition coefficient (Wildman–Crippen LogP) is 3.53. The number of halogens is 2. The maximum absolute atomic E-state index is 13.5. The van der Waals surface area contributed by atoms with Gasteiger partial charge in [0.25, 0.3) is 5.91 Å². The van der Waals surface area contributed by atoms with Crippen molar-refractivity contribution >= 4 is 35.6 Å². The molecule has 1 aliphatic heterocycles. The quantitative estimate of drug-likeness (QED) is 0.411.